The Hall–Kier alpha value is -1.46. The molecule has 5 heteroatoms. The van der Waals surface area contributed by atoms with E-state index >= 15 is 0 Å². The lowest BCUT2D eigenvalue weighted by Gasteiger charge is -2.10. The second kappa shape index (κ2) is 6.47. The van der Waals surface area contributed by atoms with Crippen LogP contribution in [0.2, 0.25) is 0 Å². The normalized spacial score (nSPS) is 19.0. The summed E-state index contributed by atoms with van der Waals surface area (Å²) >= 11 is 0. The maximum Gasteiger partial charge on any atom is 0.269 e. The molecule has 1 saturated heterocycles. The van der Waals surface area contributed by atoms with Crippen LogP contribution in [-0.4, -0.2) is 30.7 Å². The Balaban J connectivity index is 1.68. The number of rotatable bonds is 6. The zero-order valence-corrected chi connectivity index (χ0v) is 10.3. The molecule has 98 valence electrons. The van der Waals surface area contributed by atoms with Crippen LogP contribution in [0, 0.1) is 10.1 Å². The van der Waals surface area contributed by atoms with E-state index < -0.39 is 0 Å². The lowest BCUT2D eigenvalue weighted by Crippen LogP contribution is -2.27. The second-order valence-corrected chi connectivity index (χ2v) is 4.51. The van der Waals surface area contributed by atoms with Gasteiger partial charge in [-0.05, 0) is 31.4 Å². The van der Waals surface area contributed by atoms with Crippen molar-refractivity contribution in [3.05, 3.63) is 39.9 Å². The lowest BCUT2D eigenvalue weighted by molar-refractivity contribution is -0.384. The minimum Gasteiger partial charge on any atom is -0.377 e. The molecule has 0 aliphatic carbocycles. The van der Waals surface area contributed by atoms with Gasteiger partial charge < -0.3 is 10.1 Å². The predicted octanol–water partition coefficient (Wildman–Crippen LogP) is 1.91. The first kappa shape index (κ1) is 13.0. The Morgan fingerprint density at radius 1 is 1.39 bits per heavy atom. The molecule has 0 amide bonds. The van der Waals surface area contributed by atoms with Crippen LogP contribution in [0.15, 0.2) is 24.3 Å². The van der Waals surface area contributed by atoms with Crippen LogP contribution in [-0.2, 0) is 11.2 Å². The topological polar surface area (TPSA) is 64.4 Å². The first-order chi connectivity index (χ1) is 8.75. The first-order valence-corrected chi connectivity index (χ1v) is 6.31. The summed E-state index contributed by atoms with van der Waals surface area (Å²) in [7, 11) is 0. The van der Waals surface area contributed by atoms with E-state index in [1.54, 1.807) is 12.1 Å². The van der Waals surface area contributed by atoms with Gasteiger partial charge in [-0.15, -0.1) is 0 Å². The molecule has 1 heterocycles. The number of non-ortho nitro benzene ring substituents is 1. The summed E-state index contributed by atoms with van der Waals surface area (Å²) in [5.74, 6) is 0. The monoisotopic (exact) mass is 250 g/mol. The van der Waals surface area contributed by atoms with Crippen molar-refractivity contribution >= 4 is 5.69 Å². The summed E-state index contributed by atoms with van der Waals surface area (Å²) in [5, 5.41) is 13.9. The Bertz CT molecular complexity index is 386. The Labute approximate surface area is 106 Å². The molecule has 1 aliphatic heterocycles. The van der Waals surface area contributed by atoms with Crippen molar-refractivity contribution in [2.45, 2.75) is 25.4 Å². The van der Waals surface area contributed by atoms with Gasteiger partial charge in [-0.2, -0.15) is 0 Å². The minimum atomic E-state index is -0.376. The number of nitro groups is 1. The molecule has 0 aromatic heterocycles. The lowest BCUT2D eigenvalue weighted by atomic mass is 10.1. The highest BCUT2D eigenvalue weighted by atomic mass is 16.6. The van der Waals surface area contributed by atoms with Gasteiger partial charge in [0.25, 0.3) is 5.69 Å². The van der Waals surface area contributed by atoms with Gasteiger partial charge in [0, 0.05) is 25.3 Å². The van der Waals surface area contributed by atoms with E-state index in [9.17, 15) is 10.1 Å². The number of nitrogens with one attached hydrogen (secondary N) is 1. The summed E-state index contributed by atoms with van der Waals surface area (Å²) in [5.41, 5.74) is 1.26. The third kappa shape index (κ3) is 3.78. The number of ether oxygens (including phenoxy) is 1. The van der Waals surface area contributed by atoms with Crippen LogP contribution in [0.3, 0.4) is 0 Å². The molecule has 0 spiro atoms. The van der Waals surface area contributed by atoms with E-state index in [0.717, 1.165) is 44.5 Å². The zero-order valence-electron chi connectivity index (χ0n) is 10.3. The fourth-order valence-corrected chi connectivity index (χ4v) is 2.09. The van der Waals surface area contributed by atoms with Crippen molar-refractivity contribution in [3.8, 4) is 0 Å². The molecule has 2 rings (SSSR count). The molecule has 0 saturated carbocycles. The van der Waals surface area contributed by atoms with Crippen LogP contribution in [0.4, 0.5) is 5.69 Å². The van der Waals surface area contributed by atoms with Crippen LogP contribution in [0.5, 0.6) is 0 Å². The highest BCUT2D eigenvalue weighted by molar-refractivity contribution is 5.32. The number of hydrogen-bond donors (Lipinski definition) is 1. The van der Waals surface area contributed by atoms with Crippen LogP contribution < -0.4 is 5.32 Å². The summed E-state index contributed by atoms with van der Waals surface area (Å²) < 4.78 is 5.51. The van der Waals surface area contributed by atoms with E-state index in [4.69, 9.17) is 4.74 Å². The molecule has 1 aliphatic rings. The van der Waals surface area contributed by atoms with Crippen LogP contribution in [0.1, 0.15) is 18.4 Å². The van der Waals surface area contributed by atoms with Gasteiger partial charge in [0.2, 0.25) is 0 Å². The van der Waals surface area contributed by atoms with Crippen LogP contribution >= 0.6 is 0 Å². The van der Waals surface area contributed by atoms with Crippen molar-refractivity contribution < 1.29 is 9.66 Å². The van der Waals surface area contributed by atoms with Gasteiger partial charge in [0.05, 0.1) is 11.0 Å². The predicted molar refractivity (Wildman–Crippen MR) is 68.6 cm³/mol. The molecule has 1 aromatic rings. The highest BCUT2D eigenvalue weighted by Gasteiger charge is 2.14. The van der Waals surface area contributed by atoms with E-state index in [-0.39, 0.29) is 10.6 Å². The number of benzene rings is 1. The van der Waals surface area contributed by atoms with Gasteiger partial charge in [-0.3, -0.25) is 10.1 Å². The fourth-order valence-electron chi connectivity index (χ4n) is 2.09. The highest BCUT2D eigenvalue weighted by Crippen LogP contribution is 2.12. The quantitative estimate of drug-likeness (QED) is 0.476. The van der Waals surface area contributed by atoms with Gasteiger partial charge in [0.1, 0.15) is 0 Å². The maximum atomic E-state index is 10.5. The molecule has 1 aromatic carbocycles. The molecule has 5 nitrogen and oxygen atoms in total. The number of nitro benzene ring substituents is 1. The standard InChI is InChI=1S/C13H18N2O3/c16-15(17)12-5-3-11(4-6-12)7-8-14-10-13-2-1-9-18-13/h3-6,13-14H,1-2,7-10H2. The summed E-state index contributed by atoms with van der Waals surface area (Å²) in [6.07, 6.45) is 3.55. The first-order valence-electron chi connectivity index (χ1n) is 6.31. The van der Waals surface area contributed by atoms with E-state index in [1.165, 1.54) is 0 Å². The van der Waals surface area contributed by atoms with Crippen molar-refractivity contribution in [2.24, 2.45) is 0 Å². The van der Waals surface area contributed by atoms with Crippen molar-refractivity contribution in [2.75, 3.05) is 19.7 Å². The minimum absolute atomic E-state index is 0.145. The second-order valence-electron chi connectivity index (χ2n) is 4.51. The molecule has 1 fully saturated rings. The van der Waals surface area contributed by atoms with Crippen molar-refractivity contribution in [1.29, 1.82) is 0 Å². The molecule has 0 radical (unpaired) electrons. The fraction of sp³-hybridized carbons (Fsp3) is 0.538. The number of nitrogens with zero attached hydrogens (tertiary/aromatic N) is 1. The van der Waals surface area contributed by atoms with Gasteiger partial charge in [0.15, 0.2) is 0 Å². The Kier molecular flexibility index (Phi) is 4.66. The molecule has 1 N–H and O–H groups in total. The van der Waals surface area contributed by atoms with Gasteiger partial charge >= 0.3 is 0 Å². The zero-order chi connectivity index (χ0) is 12.8. The number of hydrogen-bond acceptors (Lipinski definition) is 4. The average Bonchev–Trinajstić information content (AvgIpc) is 2.88. The molecular formula is C13H18N2O3. The van der Waals surface area contributed by atoms with Gasteiger partial charge in [-0.1, -0.05) is 12.1 Å². The third-order valence-corrected chi connectivity index (χ3v) is 3.13. The van der Waals surface area contributed by atoms with Crippen molar-refractivity contribution in [1.82, 2.24) is 5.32 Å². The molecular weight excluding hydrogens is 232 g/mol. The summed E-state index contributed by atoms with van der Waals surface area (Å²) in [6, 6.07) is 6.72. The average molecular weight is 250 g/mol. The van der Waals surface area contributed by atoms with E-state index in [1.807, 2.05) is 12.1 Å². The smallest absolute Gasteiger partial charge is 0.269 e. The summed E-state index contributed by atoms with van der Waals surface area (Å²) in [6.45, 7) is 2.65. The van der Waals surface area contributed by atoms with Crippen LogP contribution in [0.25, 0.3) is 0 Å². The maximum absolute atomic E-state index is 10.5. The molecule has 18 heavy (non-hydrogen) atoms. The third-order valence-electron chi connectivity index (χ3n) is 3.13. The molecule has 1 atom stereocenters. The van der Waals surface area contributed by atoms with Crippen molar-refractivity contribution in [3.63, 3.8) is 0 Å². The van der Waals surface area contributed by atoms with E-state index in [2.05, 4.69) is 5.32 Å². The largest absolute Gasteiger partial charge is 0.377 e. The Morgan fingerprint density at radius 3 is 2.78 bits per heavy atom. The summed E-state index contributed by atoms with van der Waals surface area (Å²) in [4.78, 5) is 10.1. The molecule has 1 unspecified atom stereocenters. The molecule has 0 bridgehead atoms. The SMILES string of the molecule is O=[N+]([O-])c1ccc(CCNCC2CCCO2)cc1. The van der Waals surface area contributed by atoms with Gasteiger partial charge in [-0.25, -0.2) is 0 Å². The Morgan fingerprint density at radius 2 is 2.17 bits per heavy atom. The van der Waals surface area contributed by atoms with E-state index in [0.29, 0.717) is 6.10 Å².